The van der Waals surface area contributed by atoms with E-state index < -0.39 is 0 Å². The lowest BCUT2D eigenvalue weighted by molar-refractivity contribution is -0.116. The molecule has 1 aliphatic heterocycles. The van der Waals surface area contributed by atoms with Gasteiger partial charge in [-0.3, -0.25) is 4.90 Å². The second-order valence-electron chi connectivity index (χ2n) is 4.38. The molecule has 1 aromatic heterocycles. The number of methoxy groups -OCH3 is 2. The molecule has 0 N–H and O–H groups in total. The van der Waals surface area contributed by atoms with Gasteiger partial charge in [-0.2, -0.15) is 0 Å². The third-order valence-corrected chi connectivity index (χ3v) is 3.28. The summed E-state index contributed by atoms with van der Waals surface area (Å²) in [6, 6.07) is 6.03. The van der Waals surface area contributed by atoms with Crippen LogP contribution in [0, 0.1) is 0 Å². The average Bonchev–Trinajstić information content (AvgIpc) is 2.46. The first kappa shape index (κ1) is 13.3. The number of hydrogen-bond donors (Lipinski definition) is 0. The Kier molecular flexibility index (Phi) is 4.92. The molecule has 1 aliphatic rings. The van der Waals surface area contributed by atoms with Crippen LogP contribution in [0.15, 0.2) is 24.4 Å². The van der Waals surface area contributed by atoms with Crippen LogP contribution >= 0.6 is 0 Å². The van der Waals surface area contributed by atoms with E-state index in [4.69, 9.17) is 9.47 Å². The minimum absolute atomic E-state index is 0.133. The molecule has 2 rings (SSSR count). The topological polar surface area (TPSA) is 37.8 Å². The maximum Gasteiger partial charge on any atom is 0.169 e. The molecule has 0 saturated carbocycles. The molecular weight excluding hydrogens is 230 g/mol. The summed E-state index contributed by atoms with van der Waals surface area (Å²) in [5.41, 5.74) is 0. The fourth-order valence-electron chi connectivity index (χ4n) is 2.16. The first-order chi connectivity index (χ1) is 8.83. The second kappa shape index (κ2) is 6.68. The van der Waals surface area contributed by atoms with Gasteiger partial charge in [0.2, 0.25) is 0 Å². The molecule has 0 aromatic carbocycles. The summed E-state index contributed by atoms with van der Waals surface area (Å²) in [5.74, 6) is 1.06. The van der Waals surface area contributed by atoms with E-state index in [1.54, 1.807) is 14.2 Å². The molecule has 0 spiro atoms. The van der Waals surface area contributed by atoms with Gasteiger partial charge in [-0.05, 0) is 12.1 Å². The van der Waals surface area contributed by atoms with Gasteiger partial charge in [-0.25, -0.2) is 4.98 Å². The predicted molar refractivity (Wildman–Crippen MR) is 70.7 cm³/mol. The van der Waals surface area contributed by atoms with E-state index in [1.165, 1.54) is 0 Å². The number of anilines is 1. The van der Waals surface area contributed by atoms with Crippen molar-refractivity contribution in [3.8, 4) is 0 Å². The highest BCUT2D eigenvalue weighted by molar-refractivity contribution is 5.38. The van der Waals surface area contributed by atoms with E-state index in [1.807, 2.05) is 18.3 Å². The molecule has 1 saturated heterocycles. The average molecular weight is 251 g/mol. The molecule has 0 bridgehead atoms. The van der Waals surface area contributed by atoms with Crippen molar-refractivity contribution in [2.24, 2.45) is 0 Å². The van der Waals surface area contributed by atoms with Gasteiger partial charge in [0, 0.05) is 53.1 Å². The van der Waals surface area contributed by atoms with Gasteiger partial charge in [0.1, 0.15) is 5.82 Å². The van der Waals surface area contributed by atoms with Crippen LogP contribution in [0.2, 0.25) is 0 Å². The third-order valence-electron chi connectivity index (χ3n) is 3.28. The highest BCUT2D eigenvalue weighted by Crippen LogP contribution is 2.12. The first-order valence-electron chi connectivity index (χ1n) is 6.27. The predicted octanol–water partition coefficient (Wildman–Crippen LogP) is 0.822. The molecule has 0 amide bonds. The van der Waals surface area contributed by atoms with Gasteiger partial charge in [0.05, 0.1) is 0 Å². The van der Waals surface area contributed by atoms with Crippen LogP contribution < -0.4 is 4.90 Å². The zero-order valence-electron chi connectivity index (χ0n) is 11.1. The van der Waals surface area contributed by atoms with Crippen LogP contribution in [-0.2, 0) is 9.47 Å². The normalized spacial score (nSPS) is 17.4. The van der Waals surface area contributed by atoms with Crippen molar-refractivity contribution >= 4 is 5.82 Å². The Morgan fingerprint density at radius 3 is 2.44 bits per heavy atom. The smallest absolute Gasteiger partial charge is 0.169 e. The summed E-state index contributed by atoms with van der Waals surface area (Å²) >= 11 is 0. The number of pyridine rings is 1. The van der Waals surface area contributed by atoms with Crippen molar-refractivity contribution in [3.63, 3.8) is 0 Å². The minimum atomic E-state index is -0.133. The van der Waals surface area contributed by atoms with E-state index >= 15 is 0 Å². The standard InChI is InChI=1S/C13H21N3O2/c1-17-13(18-2)11-15-7-9-16(10-8-15)12-5-3-4-6-14-12/h3-6,13H,7-11H2,1-2H3. The molecule has 0 aliphatic carbocycles. The van der Waals surface area contributed by atoms with Gasteiger partial charge in [-0.15, -0.1) is 0 Å². The summed E-state index contributed by atoms with van der Waals surface area (Å²) in [6.45, 7) is 4.84. The van der Waals surface area contributed by atoms with E-state index in [9.17, 15) is 0 Å². The summed E-state index contributed by atoms with van der Waals surface area (Å²) in [6.07, 6.45) is 1.71. The molecule has 1 fully saturated rings. The molecule has 5 nitrogen and oxygen atoms in total. The molecule has 1 aromatic rings. The Hall–Kier alpha value is -1.17. The quantitative estimate of drug-likeness (QED) is 0.724. The number of ether oxygens (including phenoxy) is 2. The van der Waals surface area contributed by atoms with Crippen molar-refractivity contribution < 1.29 is 9.47 Å². The largest absolute Gasteiger partial charge is 0.355 e. The number of rotatable bonds is 5. The van der Waals surface area contributed by atoms with Crippen molar-refractivity contribution in [2.45, 2.75) is 6.29 Å². The Bertz CT molecular complexity index is 335. The molecular formula is C13H21N3O2. The number of piperazine rings is 1. The highest BCUT2D eigenvalue weighted by Gasteiger charge is 2.20. The van der Waals surface area contributed by atoms with Crippen LogP contribution in [0.4, 0.5) is 5.82 Å². The van der Waals surface area contributed by atoms with Crippen molar-refractivity contribution in [3.05, 3.63) is 24.4 Å². The Morgan fingerprint density at radius 2 is 1.89 bits per heavy atom. The second-order valence-corrected chi connectivity index (χ2v) is 4.38. The maximum atomic E-state index is 5.22. The number of hydrogen-bond acceptors (Lipinski definition) is 5. The Balaban J connectivity index is 1.81. The van der Waals surface area contributed by atoms with Crippen LogP contribution in [0.5, 0.6) is 0 Å². The van der Waals surface area contributed by atoms with Crippen LogP contribution in [0.25, 0.3) is 0 Å². The SMILES string of the molecule is COC(CN1CCN(c2ccccn2)CC1)OC. The third kappa shape index (κ3) is 3.41. The summed E-state index contributed by atoms with van der Waals surface area (Å²) < 4.78 is 10.4. The zero-order chi connectivity index (χ0) is 12.8. The molecule has 5 heteroatoms. The number of aromatic nitrogens is 1. The van der Waals surface area contributed by atoms with Gasteiger partial charge < -0.3 is 14.4 Å². The van der Waals surface area contributed by atoms with E-state index in [0.29, 0.717) is 0 Å². The lowest BCUT2D eigenvalue weighted by Gasteiger charge is -2.36. The van der Waals surface area contributed by atoms with Gasteiger partial charge in [0.15, 0.2) is 6.29 Å². The Labute approximate surface area is 108 Å². The fourth-order valence-corrected chi connectivity index (χ4v) is 2.16. The molecule has 2 heterocycles. The summed E-state index contributed by atoms with van der Waals surface area (Å²) in [5, 5.41) is 0. The number of nitrogens with zero attached hydrogens (tertiary/aromatic N) is 3. The highest BCUT2D eigenvalue weighted by atomic mass is 16.7. The summed E-state index contributed by atoms with van der Waals surface area (Å²) in [4.78, 5) is 9.05. The molecule has 18 heavy (non-hydrogen) atoms. The molecule has 100 valence electrons. The lowest BCUT2D eigenvalue weighted by atomic mass is 10.3. The van der Waals surface area contributed by atoms with Gasteiger partial charge in [-0.1, -0.05) is 6.07 Å². The fraction of sp³-hybridized carbons (Fsp3) is 0.615. The van der Waals surface area contributed by atoms with Crippen molar-refractivity contribution in [1.82, 2.24) is 9.88 Å². The van der Waals surface area contributed by atoms with Crippen LogP contribution in [0.1, 0.15) is 0 Å². The molecule has 0 radical (unpaired) electrons. The van der Waals surface area contributed by atoms with Crippen molar-refractivity contribution in [2.75, 3.05) is 51.8 Å². The Morgan fingerprint density at radius 1 is 1.17 bits per heavy atom. The molecule has 0 atom stereocenters. The van der Waals surface area contributed by atoms with E-state index in [2.05, 4.69) is 20.9 Å². The van der Waals surface area contributed by atoms with Crippen molar-refractivity contribution in [1.29, 1.82) is 0 Å². The van der Waals surface area contributed by atoms with E-state index in [0.717, 1.165) is 38.5 Å². The van der Waals surface area contributed by atoms with Gasteiger partial charge >= 0.3 is 0 Å². The monoisotopic (exact) mass is 251 g/mol. The minimum Gasteiger partial charge on any atom is -0.355 e. The van der Waals surface area contributed by atoms with Gasteiger partial charge in [0.25, 0.3) is 0 Å². The summed E-state index contributed by atoms with van der Waals surface area (Å²) in [7, 11) is 3.36. The maximum absolute atomic E-state index is 5.22. The molecule has 0 unspecified atom stereocenters. The first-order valence-corrected chi connectivity index (χ1v) is 6.27. The lowest BCUT2D eigenvalue weighted by Crippen LogP contribution is -2.49. The van der Waals surface area contributed by atoms with E-state index in [-0.39, 0.29) is 6.29 Å². The zero-order valence-corrected chi connectivity index (χ0v) is 11.1. The van der Waals surface area contributed by atoms with Crippen LogP contribution in [0.3, 0.4) is 0 Å². The van der Waals surface area contributed by atoms with Crippen LogP contribution in [-0.4, -0.2) is 63.1 Å².